The van der Waals surface area contributed by atoms with E-state index in [-0.39, 0.29) is 30.4 Å². The fraction of sp³-hybridized carbons (Fsp3) is 0.333. The molecule has 0 heterocycles. The van der Waals surface area contributed by atoms with Crippen molar-refractivity contribution >= 4 is 33.4 Å². The highest BCUT2D eigenvalue weighted by Crippen LogP contribution is 2.30. The van der Waals surface area contributed by atoms with E-state index in [0.717, 1.165) is 28.6 Å². The number of anilines is 1. The fourth-order valence-corrected chi connectivity index (χ4v) is 3.28. The van der Waals surface area contributed by atoms with Crippen LogP contribution in [0.4, 0.5) is 5.69 Å². The Labute approximate surface area is 172 Å². The first-order valence-electron chi connectivity index (χ1n) is 9.13. The second kappa shape index (κ2) is 9.10. The van der Waals surface area contributed by atoms with Crippen LogP contribution in [0.5, 0.6) is 11.5 Å². The largest absolute Gasteiger partial charge is 0.496 e. The monoisotopic (exact) mass is 446 g/mol. The average molecular weight is 447 g/mol. The first kappa shape index (κ1) is 20.2. The van der Waals surface area contributed by atoms with Crippen molar-refractivity contribution in [2.24, 2.45) is 5.92 Å². The summed E-state index contributed by atoms with van der Waals surface area (Å²) in [7, 11) is 1.61. The molecule has 0 aromatic heterocycles. The summed E-state index contributed by atoms with van der Waals surface area (Å²) in [4.78, 5) is 24.1. The Morgan fingerprint density at radius 1 is 1.21 bits per heavy atom. The highest BCUT2D eigenvalue weighted by Gasteiger charge is 2.29. The molecule has 2 aromatic rings. The van der Waals surface area contributed by atoms with E-state index in [1.807, 2.05) is 25.1 Å². The van der Waals surface area contributed by atoms with Gasteiger partial charge in [0.25, 0.3) is 5.91 Å². The molecular formula is C21H23BrN2O4. The molecule has 1 fully saturated rings. The van der Waals surface area contributed by atoms with Gasteiger partial charge in [0.1, 0.15) is 11.5 Å². The smallest absolute Gasteiger partial charge is 0.258 e. The third-order valence-corrected chi connectivity index (χ3v) is 5.09. The molecule has 6 nitrogen and oxygen atoms in total. The number of halogens is 1. The van der Waals surface area contributed by atoms with Gasteiger partial charge in [0.15, 0.2) is 6.61 Å². The number of amides is 2. The van der Waals surface area contributed by atoms with Gasteiger partial charge in [-0.2, -0.15) is 0 Å². The number of hydrogen-bond acceptors (Lipinski definition) is 4. The lowest BCUT2D eigenvalue weighted by Crippen LogP contribution is -2.31. The van der Waals surface area contributed by atoms with Crippen molar-refractivity contribution in [3.05, 3.63) is 52.5 Å². The van der Waals surface area contributed by atoms with Crippen LogP contribution in [-0.2, 0) is 9.59 Å². The number of rotatable bonds is 8. The van der Waals surface area contributed by atoms with Crippen LogP contribution < -0.4 is 20.1 Å². The topological polar surface area (TPSA) is 76.7 Å². The van der Waals surface area contributed by atoms with Gasteiger partial charge in [0.05, 0.1) is 17.6 Å². The minimum Gasteiger partial charge on any atom is -0.496 e. The van der Waals surface area contributed by atoms with Gasteiger partial charge in [0.2, 0.25) is 5.91 Å². The number of carbonyl (C=O) groups is 2. The van der Waals surface area contributed by atoms with Crippen molar-refractivity contribution in [3.63, 3.8) is 0 Å². The first-order chi connectivity index (χ1) is 13.5. The molecule has 0 spiro atoms. The normalized spacial score (nSPS) is 14.1. The number of ether oxygens (including phenoxy) is 2. The lowest BCUT2D eigenvalue weighted by atomic mass is 10.1. The number of hydrogen-bond donors (Lipinski definition) is 2. The summed E-state index contributed by atoms with van der Waals surface area (Å²) in [5.41, 5.74) is 1.62. The maximum absolute atomic E-state index is 12.2. The molecule has 3 rings (SSSR count). The zero-order valence-corrected chi connectivity index (χ0v) is 17.4. The average Bonchev–Trinajstić information content (AvgIpc) is 3.52. The summed E-state index contributed by atoms with van der Waals surface area (Å²) in [6.45, 7) is 1.79. The van der Waals surface area contributed by atoms with E-state index in [1.54, 1.807) is 31.4 Å². The molecule has 0 bridgehead atoms. The van der Waals surface area contributed by atoms with Crippen molar-refractivity contribution in [1.82, 2.24) is 5.32 Å². The number of methoxy groups -OCH3 is 1. The van der Waals surface area contributed by atoms with E-state index in [9.17, 15) is 9.59 Å². The Morgan fingerprint density at radius 2 is 2.00 bits per heavy atom. The molecule has 1 unspecified atom stereocenters. The van der Waals surface area contributed by atoms with Gasteiger partial charge in [-0.3, -0.25) is 9.59 Å². The molecule has 0 aliphatic heterocycles. The van der Waals surface area contributed by atoms with Crippen molar-refractivity contribution < 1.29 is 19.1 Å². The molecular weight excluding hydrogens is 424 g/mol. The molecule has 0 radical (unpaired) electrons. The zero-order valence-electron chi connectivity index (χ0n) is 15.8. The third kappa shape index (κ3) is 5.48. The fourth-order valence-electron chi connectivity index (χ4n) is 2.72. The highest BCUT2D eigenvalue weighted by molar-refractivity contribution is 9.10. The van der Waals surface area contributed by atoms with Crippen LogP contribution in [0.1, 0.15) is 31.4 Å². The molecule has 28 heavy (non-hydrogen) atoms. The quantitative estimate of drug-likeness (QED) is 0.640. The summed E-state index contributed by atoms with van der Waals surface area (Å²) in [6, 6.07) is 12.5. The van der Waals surface area contributed by atoms with Gasteiger partial charge in [-0.15, -0.1) is 0 Å². The first-order valence-corrected chi connectivity index (χ1v) is 9.92. The van der Waals surface area contributed by atoms with Crippen LogP contribution in [0.15, 0.2) is 46.9 Å². The van der Waals surface area contributed by atoms with Crippen LogP contribution in [0, 0.1) is 5.92 Å². The minimum absolute atomic E-state index is 0.0365. The van der Waals surface area contributed by atoms with Gasteiger partial charge in [-0.05, 0) is 65.5 Å². The molecule has 1 aliphatic carbocycles. The Bertz CT molecular complexity index is 867. The predicted octanol–water partition coefficient (Wildman–Crippen LogP) is 4.06. The van der Waals surface area contributed by atoms with E-state index >= 15 is 0 Å². The number of benzene rings is 2. The van der Waals surface area contributed by atoms with Gasteiger partial charge >= 0.3 is 0 Å². The molecule has 1 aliphatic rings. The summed E-state index contributed by atoms with van der Waals surface area (Å²) in [5.74, 6) is 1.21. The van der Waals surface area contributed by atoms with Crippen LogP contribution in [0.25, 0.3) is 0 Å². The van der Waals surface area contributed by atoms with Crippen molar-refractivity contribution in [2.45, 2.75) is 25.8 Å². The van der Waals surface area contributed by atoms with Gasteiger partial charge in [-0.1, -0.05) is 12.1 Å². The van der Waals surface area contributed by atoms with E-state index in [0.29, 0.717) is 11.4 Å². The molecule has 2 amide bonds. The molecule has 2 aromatic carbocycles. The Morgan fingerprint density at radius 3 is 2.68 bits per heavy atom. The summed E-state index contributed by atoms with van der Waals surface area (Å²) in [5, 5.41) is 5.77. The van der Waals surface area contributed by atoms with Crippen LogP contribution in [0.2, 0.25) is 0 Å². The van der Waals surface area contributed by atoms with Crippen molar-refractivity contribution in [1.29, 1.82) is 0 Å². The molecule has 2 N–H and O–H groups in total. The predicted molar refractivity (Wildman–Crippen MR) is 111 cm³/mol. The van der Waals surface area contributed by atoms with Gasteiger partial charge in [0, 0.05) is 17.7 Å². The van der Waals surface area contributed by atoms with E-state index < -0.39 is 0 Å². The summed E-state index contributed by atoms with van der Waals surface area (Å²) in [6.07, 6.45) is 1.90. The number of carbonyl (C=O) groups excluding carboxylic acids is 2. The highest BCUT2D eigenvalue weighted by atomic mass is 79.9. The molecule has 0 saturated heterocycles. The maximum atomic E-state index is 12.2. The SMILES string of the molecule is COc1ccc(C(C)NC(=O)COc2cccc(NC(=O)C3CC3)c2)cc1Br. The Kier molecular flexibility index (Phi) is 6.57. The third-order valence-electron chi connectivity index (χ3n) is 4.47. The van der Waals surface area contributed by atoms with E-state index in [2.05, 4.69) is 26.6 Å². The lowest BCUT2D eigenvalue weighted by Gasteiger charge is -2.16. The number of nitrogens with one attached hydrogen (secondary N) is 2. The van der Waals surface area contributed by atoms with Crippen LogP contribution in [-0.4, -0.2) is 25.5 Å². The lowest BCUT2D eigenvalue weighted by molar-refractivity contribution is -0.123. The Balaban J connectivity index is 1.51. The second-order valence-electron chi connectivity index (χ2n) is 6.76. The maximum Gasteiger partial charge on any atom is 0.258 e. The zero-order chi connectivity index (χ0) is 20.1. The van der Waals surface area contributed by atoms with Gasteiger partial charge in [-0.25, -0.2) is 0 Å². The standard InChI is InChI=1S/C21H23BrN2O4/c1-13(15-8-9-19(27-2)18(22)10-15)23-20(25)12-28-17-5-3-4-16(11-17)24-21(26)14-6-7-14/h3-5,8-11,13-14H,6-7,12H2,1-2H3,(H,23,25)(H,24,26). The summed E-state index contributed by atoms with van der Waals surface area (Å²) >= 11 is 3.45. The van der Waals surface area contributed by atoms with Crippen molar-refractivity contribution in [2.75, 3.05) is 19.0 Å². The van der Waals surface area contributed by atoms with Crippen LogP contribution >= 0.6 is 15.9 Å². The van der Waals surface area contributed by atoms with Crippen molar-refractivity contribution in [3.8, 4) is 11.5 Å². The second-order valence-corrected chi connectivity index (χ2v) is 7.62. The molecule has 1 atom stereocenters. The minimum atomic E-state index is -0.230. The van der Waals surface area contributed by atoms with E-state index in [1.165, 1.54) is 0 Å². The van der Waals surface area contributed by atoms with Gasteiger partial charge < -0.3 is 20.1 Å². The molecule has 1 saturated carbocycles. The van der Waals surface area contributed by atoms with Crippen LogP contribution in [0.3, 0.4) is 0 Å². The molecule has 148 valence electrons. The molecule has 7 heteroatoms. The summed E-state index contributed by atoms with van der Waals surface area (Å²) < 4.78 is 11.6. The van der Waals surface area contributed by atoms with E-state index in [4.69, 9.17) is 9.47 Å². The Hall–Kier alpha value is -2.54.